The van der Waals surface area contributed by atoms with Crippen LogP contribution in [0.15, 0.2) is 34.8 Å². The van der Waals surface area contributed by atoms with Crippen molar-refractivity contribution in [3.63, 3.8) is 0 Å². The Morgan fingerprint density at radius 1 is 1.38 bits per heavy atom. The van der Waals surface area contributed by atoms with Crippen LogP contribution in [-0.4, -0.2) is 9.78 Å². The second-order valence-corrected chi connectivity index (χ2v) is 4.79. The molecular formula is C12H14BrN3. The predicted molar refractivity (Wildman–Crippen MR) is 68.9 cm³/mol. The molecule has 0 fully saturated rings. The molecule has 2 rings (SSSR count). The quantitative estimate of drug-likeness (QED) is 0.919. The molecule has 2 aromatic rings. The molecule has 0 saturated heterocycles. The van der Waals surface area contributed by atoms with Crippen LogP contribution in [0.2, 0.25) is 0 Å². The van der Waals surface area contributed by atoms with E-state index in [-0.39, 0.29) is 6.04 Å². The molecule has 0 radical (unpaired) electrons. The first kappa shape index (κ1) is 11.4. The number of halogens is 1. The zero-order valence-electron chi connectivity index (χ0n) is 9.31. The maximum Gasteiger partial charge on any atom is 0.0795 e. The summed E-state index contributed by atoms with van der Waals surface area (Å²) in [5.41, 5.74) is 8.95. The first-order valence-electron chi connectivity index (χ1n) is 5.13. The highest BCUT2D eigenvalue weighted by Crippen LogP contribution is 2.24. The molecule has 1 unspecified atom stereocenters. The van der Waals surface area contributed by atoms with Crippen molar-refractivity contribution in [2.24, 2.45) is 12.8 Å². The van der Waals surface area contributed by atoms with Gasteiger partial charge in [-0.3, -0.25) is 4.68 Å². The Labute approximate surface area is 103 Å². The van der Waals surface area contributed by atoms with Gasteiger partial charge in [-0.05, 0) is 25.1 Å². The molecule has 0 aliphatic carbocycles. The lowest BCUT2D eigenvalue weighted by molar-refractivity contribution is 0.702. The maximum absolute atomic E-state index is 5.82. The third-order valence-corrected chi connectivity index (χ3v) is 2.98. The van der Waals surface area contributed by atoms with Crippen LogP contribution in [0.3, 0.4) is 0 Å². The molecule has 0 bridgehead atoms. The van der Waals surface area contributed by atoms with Crippen molar-refractivity contribution in [2.45, 2.75) is 13.0 Å². The lowest BCUT2D eigenvalue weighted by Crippen LogP contribution is -2.06. The predicted octanol–water partition coefficient (Wildman–Crippen LogP) is 2.87. The number of nitrogens with two attached hydrogens (primary N) is 1. The molecule has 0 aliphatic heterocycles. The van der Waals surface area contributed by atoms with E-state index in [0.717, 1.165) is 21.4 Å². The van der Waals surface area contributed by atoms with Crippen molar-refractivity contribution in [3.05, 3.63) is 40.5 Å². The van der Waals surface area contributed by atoms with Gasteiger partial charge >= 0.3 is 0 Å². The van der Waals surface area contributed by atoms with Crippen molar-refractivity contribution in [1.29, 1.82) is 0 Å². The Morgan fingerprint density at radius 3 is 2.69 bits per heavy atom. The number of hydrogen-bond donors (Lipinski definition) is 1. The fourth-order valence-corrected chi connectivity index (χ4v) is 2.03. The number of nitrogens with zero attached hydrogens (tertiary/aromatic N) is 2. The lowest BCUT2D eigenvalue weighted by Gasteiger charge is -2.01. The largest absolute Gasteiger partial charge is 0.323 e. The summed E-state index contributed by atoms with van der Waals surface area (Å²) in [5.74, 6) is 0. The molecule has 4 heteroatoms. The van der Waals surface area contributed by atoms with Crippen molar-refractivity contribution in [3.8, 4) is 11.3 Å². The van der Waals surface area contributed by atoms with Gasteiger partial charge in [0.25, 0.3) is 0 Å². The zero-order chi connectivity index (χ0) is 11.7. The Morgan fingerprint density at radius 2 is 2.12 bits per heavy atom. The molecule has 0 saturated carbocycles. The van der Waals surface area contributed by atoms with E-state index >= 15 is 0 Å². The smallest absolute Gasteiger partial charge is 0.0795 e. The average Bonchev–Trinajstić information content (AvgIpc) is 2.60. The normalized spacial score (nSPS) is 12.8. The number of aryl methyl sites for hydroxylation is 1. The average molecular weight is 280 g/mol. The molecule has 3 nitrogen and oxygen atoms in total. The van der Waals surface area contributed by atoms with Crippen LogP contribution in [-0.2, 0) is 7.05 Å². The minimum Gasteiger partial charge on any atom is -0.323 e. The molecule has 1 aromatic carbocycles. The molecule has 1 aromatic heterocycles. The van der Waals surface area contributed by atoms with Gasteiger partial charge in [0.2, 0.25) is 0 Å². The number of benzene rings is 1. The third kappa shape index (κ3) is 2.18. The Kier molecular flexibility index (Phi) is 3.12. The first-order chi connectivity index (χ1) is 7.58. The van der Waals surface area contributed by atoms with E-state index in [0.29, 0.717) is 0 Å². The van der Waals surface area contributed by atoms with Crippen molar-refractivity contribution in [2.75, 3.05) is 0 Å². The highest BCUT2D eigenvalue weighted by atomic mass is 79.9. The van der Waals surface area contributed by atoms with Gasteiger partial charge < -0.3 is 5.73 Å². The second-order valence-electron chi connectivity index (χ2n) is 3.88. The molecule has 84 valence electrons. The van der Waals surface area contributed by atoms with Gasteiger partial charge in [0.05, 0.1) is 11.4 Å². The summed E-state index contributed by atoms with van der Waals surface area (Å²) in [6, 6.07) is 10.2. The van der Waals surface area contributed by atoms with Gasteiger partial charge in [0, 0.05) is 23.1 Å². The third-order valence-electron chi connectivity index (χ3n) is 2.49. The van der Waals surface area contributed by atoms with Gasteiger partial charge in [0.1, 0.15) is 0 Å². The second kappa shape index (κ2) is 4.39. The fraction of sp³-hybridized carbons (Fsp3) is 0.250. The van der Waals surface area contributed by atoms with Crippen LogP contribution < -0.4 is 5.73 Å². The van der Waals surface area contributed by atoms with Crippen LogP contribution in [0.25, 0.3) is 11.3 Å². The van der Waals surface area contributed by atoms with Crippen LogP contribution in [0.1, 0.15) is 18.7 Å². The molecule has 0 aliphatic rings. The van der Waals surface area contributed by atoms with Crippen LogP contribution in [0, 0.1) is 0 Å². The molecule has 1 heterocycles. The van der Waals surface area contributed by atoms with Gasteiger partial charge in [-0.25, -0.2) is 0 Å². The summed E-state index contributed by atoms with van der Waals surface area (Å²) in [5, 5.41) is 4.39. The van der Waals surface area contributed by atoms with Gasteiger partial charge in [-0.2, -0.15) is 5.10 Å². The maximum atomic E-state index is 5.82. The Bertz CT molecular complexity index is 503. The highest BCUT2D eigenvalue weighted by Gasteiger charge is 2.10. The monoisotopic (exact) mass is 279 g/mol. The summed E-state index contributed by atoms with van der Waals surface area (Å²) in [7, 11) is 1.93. The van der Waals surface area contributed by atoms with E-state index in [9.17, 15) is 0 Å². The molecule has 1 atom stereocenters. The van der Waals surface area contributed by atoms with E-state index in [1.807, 2.05) is 36.9 Å². The fourth-order valence-electron chi connectivity index (χ4n) is 1.63. The highest BCUT2D eigenvalue weighted by molar-refractivity contribution is 9.10. The SMILES string of the molecule is CC(N)c1cc(-c2cccc(Br)c2)n(C)n1. The topological polar surface area (TPSA) is 43.8 Å². The summed E-state index contributed by atoms with van der Waals surface area (Å²) < 4.78 is 2.93. The minimum atomic E-state index is -0.0351. The molecular weight excluding hydrogens is 266 g/mol. The Balaban J connectivity index is 2.48. The molecule has 2 N–H and O–H groups in total. The van der Waals surface area contributed by atoms with Gasteiger partial charge in [0.15, 0.2) is 0 Å². The molecule has 0 amide bonds. The van der Waals surface area contributed by atoms with E-state index in [1.165, 1.54) is 0 Å². The van der Waals surface area contributed by atoms with Crippen molar-refractivity contribution in [1.82, 2.24) is 9.78 Å². The Hall–Kier alpha value is -1.13. The standard InChI is InChI=1S/C12H14BrN3/c1-8(14)11-7-12(16(2)15-11)9-4-3-5-10(13)6-9/h3-8H,14H2,1-2H3. The zero-order valence-corrected chi connectivity index (χ0v) is 10.9. The van der Waals surface area contributed by atoms with E-state index in [2.05, 4.69) is 33.2 Å². The number of rotatable bonds is 2. The van der Waals surface area contributed by atoms with Crippen LogP contribution >= 0.6 is 15.9 Å². The van der Waals surface area contributed by atoms with Crippen LogP contribution in [0.5, 0.6) is 0 Å². The van der Waals surface area contributed by atoms with Crippen LogP contribution in [0.4, 0.5) is 0 Å². The van der Waals surface area contributed by atoms with E-state index < -0.39 is 0 Å². The minimum absolute atomic E-state index is 0.0351. The summed E-state index contributed by atoms with van der Waals surface area (Å²) in [6.07, 6.45) is 0. The van der Waals surface area contributed by atoms with Gasteiger partial charge in [-0.1, -0.05) is 28.1 Å². The first-order valence-corrected chi connectivity index (χ1v) is 5.92. The van der Waals surface area contributed by atoms with Crippen molar-refractivity contribution < 1.29 is 0 Å². The van der Waals surface area contributed by atoms with Crippen molar-refractivity contribution >= 4 is 15.9 Å². The van der Waals surface area contributed by atoms with Gasteiger partial charge in [-0.15, -0.1) is 0 Å². The molecule has 16 heavy (non-hydrogen) atoms. The summed E-state index contributed by atoms with van der Waals surface area (Å²) in [4.78, 5) is 0. The molecule has 0 spiro atoms. The number of hydrogen-bond acceptors (Lipinski definition) is 2. The lowest BCUT2D eigenvalue weighted by atomic mass is 10.1. The van der Waals surface area contributed by atoms with E-state index in [4.69, 9.17) is 5.73 Å². The summed E-state index contributed by atoms with van der Waals surface area (Å²) in [6.45, 7) is 1.94. The number of aromatic nitrogens is 2. The van der Waals surface area contributed by atoms with E-state index in [1.54, 1.807) is 0 Å². The summed E-state index contributed by atoms with van der Waals surface area (Å²) >= 11 is 3.47.